The average Bonchev–Trinajstić information content (AvgIpc) is 3.56. The fraction of sp³-hybridized carbons (Fsp3) is 0.125. The third kappa shape index (κ3) is 4.40. The number of benzene rings is 1. The zero-order valence-electron chi connectivity index (χ0n) is 17.3. The lowest BCUT2D eigenvalue weighted by atomic mass is 10.2. The SMILES string of the molecule is Cc1ccc2nc(COc3ccc(C(=O)NCc4coc(-c5cccs5)n4)cc3)cn2c1. The van der Waals surface area contributed by atoms with Crippen molar-refractivity contribution in [1.29, 1.82) is 0 Å². The summed E-state index contributed by atoms with van der Waals surface area (Å²) in [7, 11) is 0. The Labute approximate surface area is 188 Å². The quantitative estimate of drug-likeness (QED) is 0.387. The smallest absolute Gasteiger partial charge is 0.251 e. The molecule has 160 valence electrons. The molecule has 4 heterocycles. The molecule has 0 bridgehead atoms. The maximum atomic E-state index is 12.4. The van der Waals surface area contributed by atoms with Crippen LogP contribution >= 0.6 is 11.3 Å². The van der Waals surface area contributed by atoms with Gasteiger partial charge in [0.05, 0.1) is 22.8 Å². The number of rotatable bonds is 7. The number of imidazole rings is 1. The lowest BCUT2D eigenvalue weighted by Gasteiger charge is -2.06. The van der Waals surface area contributed by atoms with Crippen LogP contribution in [-0.2, 0) is 13.2 Å². The van der Waals surface area contributed by atoms with E-state index >= 15 is 0 Å². The summed E-state index contributed by atoms with van der Waals surface area (Å²) in [5.74, 6) is 1.05. The van der Waals surface area contributed by atoms with Crippen LogP contribution < -0.4 is 10.1 Å². The van der Waals surface area contributed by atoms with E-state index in [-0.39, 0.29) is 5.91 Å². The molecule has 1 aromatic carbocycles. The highest BCUT2D eigenvalue weighted by molar-refractivity contribution is 7.13. The van der Waals surface area contributed by atoms with Crippen LogP contribution in [0.3, 0.4) is 0 Å². The summed E-state index contributed by atoms with van der Waals surface area (Å²) in [6.07, 6.45) is 5.55. The van der Waals surface area contributed by atoms with Crippen molar-refractivity contribution in [3.63, 3.8) is 0 Å². The highest BCUT2D eigenvalue weighted by Crippen LogP contribution is 2.23. The third-order valence-electron chi connectivity index (χ3n) is 4.87. The Hall–Kier alpha value is -3.91. The van der Waals surface area contributed by atoms with Crippen molar-refractivity contribution in [1.82, 2.24) is 19.7 Å². The molecule has 1 N–H and O–H groups in total. The van der Waals surface area contributed by atoms with Gasteiger partial charge in [0.1, 0.15) is 24.3 Å². The summed E-state index contributed by atoms with van der Waals surface area (Å²) in [6, 6.07) is 14.9. The normalized spacial score (nSPS) is 11.0. The van der Waals surface area contributed by atoms with Gasteiger partial charge in [-0.3, -0.25) is 4.79 Å². The molecular formula is C24H20N4O3S. The average molecular weight is 445 g/mol. The fourth-order valence-electron chi connectivity index (χ4n) is 3.26. The van der Waals surface area contributed by atoms with Gasteiger partial charge in [-0.25, -0.2) is 9.97 Å². The number of hydrogen-bond donors (Lipinski definition) is 1. The number of carbonyl (C=O) groups excluding carboxylic acids is 1. The Morgan fingerprint density at radius 3 is 2.78 bits per heavy atom. The van der Waals surface area contributed by atoms with Crippen molar-refractivity contribution in [3.8, 4) is 16.5 Å². The van der Waals surface area contributed by atoms with Gasteiger partial charge >= 0.3 is 0 Å². The van der Waals surface area contributed by atoms with Crippen LogP contribution in [0.25, 0.3) is 16.4 Å². The number of nitrogens with zero attached hydrogens (tertiary/aromatic N) is 3. The molecular weight excluding hydrogens is 424 g/mol. The largest absolute Gasteiger partial charge is 0.487 e. The van der Waals surface area contributed by atoms with Crippen molar-refractivity contribution in [2.24, 2.45) is 0 Å². The number of fused-ring (bicyclic) bond motifs is 1. The topological polar surface area (TPSA) is 81.7 Å². The van der Waals surface area contributed by atoms with Crippen LogP contribution in [0, 0.1) is 6.92 Å². The van der Waals surface area contributed by atoms with Gasteiger partial charge in [-0.15, -0.1) is 11.3 Å². The molecule has 0 saturated carbocycles. The molecule has 8 heteroatoms. The minimum atomic E-state index is -0.187. The van der Waals surface area contributed by atoms with Gasteiger partial charge in [-0.1, -0.05) is 12.1 Å². The van der Waals surface area contributed by atoms with Crippen molar-refractivity contribution in [2.75, 3.05) is 0 Å². The van der Waals surface area contributed by atoms with E-state index < -0.39 is 0 Å². The van der Waals surface area contributed by atoms with Crippen LogP contribution in [0.5, 0.6) is 5.75 Å². The summed E-state index contributed by atoms with van der Waals surface area (Å²) >= 11 is 1.56. The Morgan fingerprint density at radius 2 is 1.97 bits per heavy atom. The second-order valence-electron chi connectivity index (χ2n) is 7.32. The monoisotopic (exact) mass is 444 g/mol. The predicted molar refractivity (Wildman–Crippen MR) is 122 cm³/mol. The molecule has 7 nitrogen and oxygen atoms in total. The summed E-state index contributed by atoms with van der Waals surface area (Å²) in [5.41, 5.74) is 4.11. The highest BCUT2D eigenvalue weighted by atomic mass is 32.1. The Kier molecular flexibility index (Phi) is 5.43. The molecule has 1 amide bonds. The standard InChI is InChI=1S/C24H20N4O3S/c1-16-4-9-22-26-19(13-28(22)12-16)15-30-20-7-5-17(6-8-20)23(29)25-11-18-14-31-24(27-18)21-3-2-10-32-21/h2-10,12-14H,11,15H2,1H3,(H,25,29). The van der Waals surface area contributed by atoms with Crippen molar-refractivity contribution >= 4 is 22.9 Å². The summed E-state index contributed by atoms with van der Waals surface area (Å²) < 4.78 is 13.3. The molecule has 4 aromatic heterocycles. The van der Waals surface area contributed by atoms with E-state index in [0.29, 0.717) is 36.0 Å². The Morgan fingerprint density at radius 1 is 1.09 bits per heavy atom. The number of hydrogen-bond acceptors (Lipinski definition) is 6. The molecule has 0 radical (unpaired) electrons. The summed E-state index contributed by atoms with van der Waals surface area (Å²) in [5, 5.41) is 4.82. The third-order valence-corrected chi connectivity index (χ3v) is 5.72. The minimum Gasteiger partial charge on any atom is -0.487 e. The first-order valence-electron chi connectivity index (χ1n) is 10.1. The number of nitrogens with one attached hydrogen (secondary N) is 1. The van der Waals surface area contributed by atoms with Crippen molar-refractivity contribution in [2.45, 2.75) is 20.1 Å². The van der Waals surface area contributed by atoms with E-state index in [2.05, 4.69) is 15.3 Å². The van der Waals surface area contributed by atoms with E-state index in [9.17, 15) is 4.79 Å². The maximum absolute atomic E-state index is 12.4. The molecule has 0 aliphatic carbocycles. The number of amides is 1. The molecule has 0 spiro atoms. The molecule has 0 aliphatic heterocycles. The predicted octanol–water partition coefficient (Wildman–Crippen LogP) is 4.87. The van der Waals surface area contributed by atoms with Crippen LogP contribution in [-0.4, -0.2) is 20.3 Å². The maximum Gasteiger partial charge on any atom is 0.251 e. The van der Waals surface area contributed by atoms with Gasteiger partial charge in [0, 0.05) is 18.0 Å². The van der Waals surface area contributed by atoms with Gasteiger partial charge in [-0.05, 0) is 54.3 Å². The van der Waals surface area contributed by atoms with Crippen LogP contribution in [0.15, 0.2) is 77.0 Å². The Balaban J connectivity index is 1.15. The molecule has 32 heavy (non-hydrogen) atoms. The van der Waals surface area contributed by atoms with Crippen LogP contribution in [0.1, 0.15) is 27.3 Å². The van der Waals surface area contributed by atoms with Gasteiger partial charge in [0.25, 0.3) is 5.91 Å². The number of thiophene rings is 1. The molecule has 0 fully saturated rings. The first-order chi connectivity index (χ1) is 15.6. The van der Waals surface area contributed by atoms with Crippen LogP contribution in [0.2, 0.25) is 0 Å². The van der Waals surface area contributed by atoms with Gasteiger partial charge in [0.2, 0.25) is 5.89 Å². The van der Waals surface area contributed by atoms with E-state index in [1.807, 2.05) is 53.4 Å². The minimum absolute atomic E-state index is 0.187. The second kappa shape index (κ2) is 8.68. The zero-order valence-corrected chi connectivity index (χ0v) is 18.1. The van der Waals surface area contributed by atoms with E-state index in [4.69, 9.17) is 9.15 Å². The molecule has 0 aliphatic rings. The number of pyridine rings is 1. The highest BCUT2D eigenvalue weighted by Gasteiger charge is 2.10. The fourth-order valence-corrected chi connectivity index (χ4v) is 3.91. The number of aromatic nitrogens is 3. The Bertz CT molecular complexity index is 1350. The second-order valence-corrected chi connectivity index (χ2v) is 8.27. The van der Waals surface area contributed by atoms with Gasteiger partial charge in [-0.2, -0.15) is 0 Å². The first kappa shape index (κ1) is 20.0. The van der Waals surface area contributed by atoms with E-state index in [1.165, 1.54) is 5.56 Å². The number of oxazole rings is 1. The van der Waals surface area contributed by atoms with Crippen molar-refractivity contribution in [3.05, 3.63) is 95.1 Å². The molecule has 0 unspecified atom stereocenters. The molecule has 0 atom stereocenters. The number of carbonyl (C=O) groups is 1. The van der Waals surface area contributed by atoms with Gasteiger partial charge < -0.3 is 18.9 Å². The lowest BCUT2D eigenvalue weighted by Crippen LogP contribution is -2.22. The molecule has 5 aromatic rings. The summed E-state index contributed by atoms with van der Waals surface area (Å²) in [6.45, 7) is 2.69. The first-order valence-corrected chi connectivity index (χ1v) is 11.0. The number of aryl methyl sites for hydroxylation is 1. The molecule has 5 rings (SSSR count). The number of ether oxygens (including phenoxy) is 1. The van der Waals surface area contributed by atoms with E-state index in [0.717, 1.165) is 16.2 Å². The molecule has 0 saturated heterocycles. The van der Waals surface area contributed by atoms with Crippen molar-refractivity contribution < 1.29 is 13.9 Å². The van der Waals surface area contributed by atoms with Gasteiger partial charge in [0.15, 0.2) is 0 Å². The summed E-state index contributed by atoms with van der Waals surface area (Å²) in [4.78, 5) is 22.4. The van der Waals surface area contributed by atoms with E-state index in [1.54, 1.807) is 41.9 Å². The zero-order chi connectivity index (χ0) is 21.9. The van der Waals surface area contributed by atoms with Crippen LogP contribution in [0.4, 0.5) is 0 Å². The lowest BCUT2D eigenvalue weighted by molar-refractivity contribution is 0.0950.